The number of aliphatic hydroxyl groups is 1. The van der Waals surface area contributed by atoms with Crippen LogP contribution in [-0.2, 0) is 65.4 Å². The van der Waals surface area contributed by atoms with Crippen LogP contribution in [0.2, 0.25) is 0 Å². The van der Waals surface area contributed by atoms with Crippen LogP contribution < -0.4 is 0 Å². The number of esters is 4. The van der Waals surface area contributed by atoms with Gasteiger partial charge in [0.1, 0.15) is 19.3 Å². The number of hydrogen-bond acceptors (Lipinski definition) is 15. The van der Waals surface area contributed by atoms with Gasteiger partial charge in [0.25, 0.3) is 0 Å². The van der Waals surface area contributed by atoms with E-state index < -0.39 is 97.5 Å². The summed E-state index contributed by atoms with van der Waals surface area (Å²) >= 11 is 0. The number of aliphatic hydroxyl groups excluding tert-OH is 1. The van der Waals surface area contributed by atoms with E-state index >= 15 is 0 Å². The van der Waals surface area contributed by atoms with Crippen molar-refractivity contribution in [3.63, 3.8) is 0 Å². The summed E-state index contributed by atoms with van der Waals surface area (Å²) in [4.78, 5) is 73.2. The minimum atomic E-state index is -4.97. The fourth-order valence-electron chi connectivity index (χ4n) is 13.6. The molecule has 0 aliphatic carbocycles. The van der Waals surface area contributed by atoms with Crippen LogP contribution in [0, 0.1) is 23.7 Å². The molecule has 107 heavy (non-hydrogen) atoms. The van der Waals surface area contributed by atoms with Gasteiger partial charge in [-0.25, -0.2) is 9.13 Å². The largest absolute Gasteiger partial charge is 0.472 e. The molecule has 19 heteroatoms. The lowest BCUT2D eigenvalue weighted by molar-refractivity contribution is -0.161. The van der Waals surface area contributed by atoms with Crippen molar-refractivity contribution in [3.8, 4) is 0 Å². The average molecular weight is 1560 g/mol. The van der Waals surface area contributed by atoms with Crippen molar-refractivity contribution < 1.29 is 80.2 Å². The number of rotatable bonds is 85. The Balaban J connectivity index is 5.21. The summed E-state index contributed by atoms with van der Waals surface area (Å²) in [7, 11) is -9.93. The van der Waals surface area contributed by atoms with Crippen LogP contribution in [0.15, 0.2) is 0 Å². The zero-order valence-corrected chi connectivity index (χ0v) is 72.6. The highest BCUT2D eigenvalue weighted by Gasteiger charge is 2.31. The molecule has 0 aromatic heterocycles. The molecule has 0 aliphatic heterocycles. The Morgan fingerprint density at radius 1 is 0.262 bits per heavy atom. The van der Waals surface area contributed by atoms with Gasteiger partial charge in [-0.3, -0.25) is 37.3 Å². The zero-order chi connectivity index (χ0) is 78.8. The molecule has 0 amide bonds. The summed E-state index contributed by atoms with van der Waals surface area (Å²) in [5, 5.41) is 10.7. The van der Waals surface area contributed by atoms with Crippen molar-refractivity contribution >= 4 is 39.5 Å². The molecule has 0 bridgehead atoms. The fraction of sp³-hybridized carbons (Fsp3) is 0.955. The number of phosphoric ester groups is 2. The van der Waals surface area contributed by atoms with Gasteiger partial charge in [-0.15, -0.1) is 0 Å². The lowest BCUT2D eigenvalue weighted by atomic mass is 9.99. The molecule has 0 saturated heterocycles. The van der Waals surface area contributed by atoms with Gasteiger partial charge in [-0.1, -0.05) is 409 Å². The van der Waals surface area contributed by atoms with Crippen LogP contribution in [0.5, 0.6) is 0 Å². The lowest BCUT2D eigenvalue weighted by Gasteiger charge is -2.21. The Bertz CT molecular complexity index is 2080. The van der Waals surface area contributed by atoms with Gasteiger partial charge in [0, 0.05) is 25.7 Å². The summed E-state index contributed by atoms with van der Waals surface area (Å²) in [6.45, 7) is 14.4. The first-order valence-electron chi connectivity index (χ1n) is 45.3. The van der Waals surface area contributed by atoms with Crippen LogP contribution in [0.1, 0.15) is 460 Å². The van der Waals surface area contributed by atoms with Gasteiger partial charge in [-0.2, -0.15) is 0 Å². The molecule has 0 aromatic rings. The predicted molar refractivity (Wildman–Crippen MR) is 441 cm³/mol. The van der Waals surface area contributed by atoms with Gasteiger partial charge in [0.05, 0.1) is 26.4 Å². The molecule has 636 valence electrons. The lowest BCUT2D eigenvalue weighted by Crippen LogP contribution is -2.30. The van der Waals surface area contributed by atoms with Crippen molar-refractivity contribution in [1.82, 2.24) is 0 Å². The second-order valence-corrected chi connectivity index (χ2v) is 35.7. The monoisotopic (exact) mass is 1560 g/mol. The highest BCUT2D eigenvalue weighted by Crippen LogP contribution is 2.45. The first kappa shape index (κ1) is 105. The van der Waals surface area contributed by atoms with Gasteiger partial charge in [0.15, 0.2) is 12.2 Å². The molecule has 0 heterocycles. The molecular formula is C88H172O17P2. The minimum absolute atomic E-state index is 0.105. The van der Waals surface area contributed by atoms with Gasteiger partial charge in [-0.05, 0) is 49.4 Å². The number of ether oxygens (including phenoxy) is 4. The fourth-order valence-corrected chi connectivity index (χ4v) is 15.2. The number of hydrogen-bond donors (Lipinski definition) is 3. The molecule has 0 fully saturated rings. The first-order chi connectivity index (χ1) is 51.7. The van der Waals surface area contributed by atoms with Crippen LogP contribution in [0.25, 0.3) is 0 Å². The number of phosphoric acid groups is 2. The summed E-state index contributed by atoms with van der Waals surface area (Å²) in [6, 6.07) is 0. The van der Waals surface area contributed by atoms with E-state index in [1.807, 2.05) is 0 Å². The molecular weight excluding hydrogens is 1390 g/mol. The quantitative estimate of drug-likeness (QED) is 0.0222. The maximum absolute atomic E-state index is 13.2. The van der Waals surface area contributed by atoms with E-state index in [2.05, 4.69) is 55.4 Å². The summed E-state index contributed by atoms with van der Waals surface area (Å²) in [5.41, 5.74) is 0. The van der Waals surface area contributed by atoms with E-state index in [1.165, 1.54) is 257 Å². The molecule has 3 N–H and O–H groups in total. The third-order valence-corrected chi connectivity index (χ3v) is 23.6. The molecule has 0 spiro atoms. The van der Waals surface area contributed by atoms with Crippen molar-refractivity contribution in [2.45, 2.75) is 478 Å². The van der Waals surface area contributed by atoms with E-state index in [0.717, 1.165) is 120 Å². The van der Waals surface area contributed by atoms with Crippen LogP contribution in [0.4, 0.5) is 0 Å². The second-order valence-electron chi connectivity index (χ2n) is 32.8. The van der Waals surface area contributed by atoms with E-state index in [1.54, 1.807) is 0 Å². The first-order valence-corrected chi connectivity index (χ1v) is 48.3. The molecule has 0 saturated carbocycles. The van der Waals surface area contributed by atoms with Crippen molar-refractivity contribution in [2.24, 2.45) is 23.7 Å². The van der Waals surface area contributed by atoms with E-state index in [-0.39, 0.29) is 25.7 Å². The molecule has 0 aliphatic rings. The Labute approximate surface area is 658 Å². The Morgan fingerprint density at radius 3 is 0.664 bits per heavy atom. The van der Waals surface area contributed by atoms with Crippen molar-refractivity contribution in [3.05, 3.63) is 0 Å². The molecule has 5 unspecified atom stereocenters. The smallest absolute Gasteiger partial charge is 0.462 e. The minimum Gasteiger partial charge on any atom is -0.462 e. The van der Waals surface area contributed by atoms with Crippen LogP contribution >= 0.6 is 15.6 Å². The third-order valence-electron chi connectivity index (χ3n) is 21.7. The molecule has 0 rings (SSSR count). The van der Waals surface area contributed by atoms with Gasteiger partial charge in [0.2, 0.25) is 0 Å². The highest BCUT2D eigenvalue weighted by atomic mass is 31.2. The average Bonchev–Trinajstić information content (AvgIpc) is 0.906. The van der Waals surface area contributed by atoms with Crippen LogP contribution in [0.3, 0.4) is 0 Å². The summed E-state index contributed by atoms with van der Waals surface area (Å²) in [6.07, 6.45) is 66.8. The number of carbonyl (C=O) groups excluding carboxylic acids is 4. The molecule has 0 radical (unpaired) electrons. The van der Waals surface area contributed by atoms with Gasteiger partial charge >= 0.3 is 39.5 Å². The van der Waals surface area contributed by atoms with E-state index in [9.17, 15) is 43.2 Å². The van der Waals surface area contributed by atoms with Gasteiger partial charge < -0.3 is 33.8 Å². The van der Waals surface area contributed by atoms with Crippen LogP contribution in [-0.4, -0.2) is 96.7 Å². The molecule has 0 aromatic carbocycles. The standard InChI is InChI=1S/C88H172O17P2/c1-9-79(6)65-57-49-41-35-28-24-20-16-12-14-18-22-26-30-37-43-52-60-68-85(90)98-74-83(104-87(92)70-62-54-44-38-31-27-23-19-15-13-17-21-25-29-36-42-50-58-66-80(7)10-2)76-102-106(94,95)100-72-82(89)73-101-107(96,97)103-77-84(75-99-86(91)69-61-53-47-46-51-59-67-81(8)11-3)105-88(93)71-63-55-45-39-33-32-34-40-48-56-64-78(4)5/h78-84,89H,9-77H2,1-8H3,(H,94,95)(H,96,97)/t79?,80?,81?,82-,83-,84-/m1/s1. The summed E-state index contributed by atoms with van der Waals surface area (Å²) in [5.74, 6) is 1.12. The topological polar surface area (TPSA) is 237 Å². The summed E-state index contributed by atoms with van der Waals surface area (Å²) < 4.78 is 68.9. The Hall–Kier alpha value is -1.94. The normalized spacial score (nSPS) is 14.7. The number of carbonyl (C=O) groups is 4. The Morgan fingerprint density at radius 2 is 0.449 bits per heavy atom. The van der Waals surface area contributed by atoms with E-state index in [4.69, 9.17) is 37.0 Å². The predicted octanol–water partition coefficient (Wildman–Crippen LogP) is 26.7. The highest BCUT2D eigenvalue weighted by molar-refractivity contribution is 7.47. The third kappa shape index (κ3) is 77.8. The van der Waals surface area contributed by atoms with Crippen molar-refractivity contribution in [2.75, 3.05) is 39.6 Å². The number of unbranched alkanes of at least 4 members (excludes halogenated alkanes) is 48. The van der Waals surface area contributed by atoms with E-state index in [0.29, 0.717) is 25.7 Å². The zero-order valence-electron chi connectivity index (χ0n) is 70.8. The second kappa shape index (κ2) is 76.7. The molecule has 17 nitrogen and oxygen atoms in total. The van der Waals surface area contributed by atoms with Crippen molar-refractivity contribution in [1.29, 1.82) is 0 Å². The molecule has 8 atom stereocenters. The maximum atomic E-state index is 13.2. The SMILES string of the molecule is CCC(C)CCCCCCCCCCCCCCCCCCCCC(=O)OC[C@H](COP(=O)(O)OC[C@@H](O)COP(=O)(O)OC[C@@H](COC(=O)CCCCCCCCC(C)CC)OC(=O)CCCCCCCCCCCCC(C)C)OC(=O)CCCCCCCCCCCCCCCCCCCCC(C)CC. The Kier molecular flexibility index (Phi) is 75.3. The maximum Gasteiger partial charge on any atom is 0.472 e.